The molecule has 0 spiro atoms. The molecule has 4 rings (SSSR count). The minimum atomic E-state index is -0.417. The first-order chi connectivity index (χ1) is 12.2. The molecule has 25 heavy (non-hydrogen) atoms. The topological polar surface area (TPSA) is 87.9 Å². The number of carbonyl (C=O) groups is 1. The number of benzene rings is 1. The molecule has 1 amide bonds. The van der Waals surface area contributed by atoms with Gasteiger partial charge in [-0.1, -0.05) is 24.3 Å². The third kappa shape index (κ3) is 3.13. The van der Waals surface area contributed by atoms with E-state index in [-0.39, 0.29) is 5.92 Å². The van der Waals surface area contributed by atoms with Crippen molar-refractivity contribution in [3.8, 4) is 0 Å². The SMILES string of the molecule is NC(=O)c1cn[nH]c1C1CCCN(Cc2cccc3cccnc23)C1. The van der Waals surface area contributed by atoms with Crippen molar-refractivity contribution in [2.24, 2.45) is 5.73 Å². The Morgan fingerprint density at radius 2 is 2.20 bits per heavy atom. The lowest BCUT2D eigenvalue weighted by Crippen LogP contribution is -2.34. The van der Waals surface area contributed by atoms with Gasteiger partial charge in [-0.15, -0.1) is 0 Å². The van der Waals surface area contributed by atoms with Gasteiger partial charge in [0.1, 0.15) is 0 Å². The van der Waals surface area contributed by atoms with Crippen molar-refractivity contribution in [3.05, 3.63) is 59.5 Å². The summed E-state index contributed by atoms with van der Waals surface area (Å²) in [5.41, 5.74) is 9.14. The third-order valence-corrected chi connectivity index (χ3v) is 4.96. The van der Waals surface area contributed by atoms with Gasteiger partial charge in [0.25, 0.3) is 5.91 Å². The molecule has 128 valence electrons. The van der Waals surface area contributed by atoms with Gasteiger partial charge >= 0.3 is 0 Å². The van der Waals surface area contributed by atoms with E-state index in [1.165, 1.54) is 11.8 Å². The van der Waals surface area contributed by atoms with E-state index in [0.29, 0.717) is 5.56 Å². The number of aromatic amines is 1. The van der Waals surface area contributed by atoms with Crippen LogP contribution in [0.25, 0.3) is 10.9 Å². The normalized spacial score (nSPS) is 18.5. The molecule has 1 aliphatic heterocycles. The van der Waals surface area contributed by atoms with Crippen LogP contribution >= 0.6 is 0 Å². The van der Waals surface area contributed by atoms with Crippen LogP contribution in [0.2, 0.25) is 0 Å². The largest absolute Gasteiger partial charge is 0.365 e. The number of primary amides is 1. The molecule has 1 aliphatic rings. The second-order valence-electron chi connectivity index (χ2n) is 6.63. The lowest BCUT2D eigenvalue weighted by molar-refractivity contribution is 0.0997. The van der Waals surface area contributed by atoms with Crippen LogP contribution in [0.15, 0.2) is 42.7 Å². The smallest absolute Gasteiger partial charge is 0.252 e. The number of aromatic nitrogens is 3. The summed E-state index contributed by atoms with van der Waals surface area (Å²) in [6, 6.07) is 10.4. The van der Waals surface area contributed by atoms with Gasteiger partial charge in [-0.3, -0.25) is 19.8 Å². The predicted octanol–water partition coefficient (Wildman–Crippen LogP) is 2.44. The summed E-state index contributed by atoms with van der Waals surface area (Å²) < 4.78 is 0. The maximum atomic E-state index is 11.6. The molecule has 1 fully saturated rings. The van der Waals surface area contributed by atoms with Crippen molar-refractivity contribution < 1.29 is 4.79 Å². The van der Waals surface area contributed by atoms with E-state index < -0.39 is 5.91 Å². The van der Waals surface area contributed by atoms with E-state index >= 15 is 0 Å². The van der Waals surface area contributed by atoms with Crippen molar-refractivity contribution in [2.45, 2.75) is 25.3 Å². The molecule has 6 heteroatoms. The van der Waals surface area contributed by atoms with Crippen LogP contribution in [0.3, 0.4) is 0 Å². The number of nitrogens with zero attached hydrogens (tertiary/aromatic N) is 3. The zero-order valence-electron chi connectivity index (χ0n) is 14.0. The fourth-order valence-corrected chi connectivity index (χ4v) is 3.77. The van der Waals surface area contributed by atoms with Crippen molar-refractivity contribution in [2.75, 3.05) is 13.1 Å². The van der Waals surface area contributed by atoms with Crippen LogP contribution in [-0.2, 0) is 6.54 Å². The average Bonchev–Trinajstić information content (AvgIpc) is 3.12. The molecule has 1 saturated heterocycles. The highest BCUT2D eigenvalue weighted by Crippen LogP contribution is 2.29. The summed E-state index contributed by atoms with van der Waals surface area (Å²) >= 11 is 0. The number of nitrogens with two attached hydrogens (primary N) is 1. The van der Waals surface area contributed by atoms with Crippen LogP contribution in [-0.4, -0.2) is 39.1 Å². The highest BCUT2D eigenvalue weighted by atomic mass is 16.1. The Hall–Kier alpha value is -2.73. The first-order valence-corrected chi connectivity index (χ1v) is 8.60. The Morgan fingerprint density at radius 1 is 1.32 bits per heavy atom. The molecule has 0 saturated carbocycles. The molecule has 6 nitrogen and oxygen atoms in total. The van der Waals surface area contributed by atoms with Crippen molar-refractivity contribution in [1.29, 1.82) is 0 Å². The molecular formula is C19H21N5O. The highest BCUT2D eigenvalue weighted by molar-refractivity contribution is 5.93. The van der Waals surface area contributed by atoms with Crippen molar-refractivity contribution >= 4 is 16.8 Å². The molecule has 0 bridgehead atoms. The number of rotatable bonds is 4. The zero-order valence-corrected chi connectivity index (χ0v) is 14.0. The molecule has 0 radical (unpaired) electrons. The lowest BCUT2D eigenvalue weighted by atomic mass is 9.92. The predicted molar refractivity (Wildman–Crippen MR) is 96.1 cm³/mol. The quantitative estimate of drug-likeness (QED) is 0.766. The van der Waals surface area contributed by atoms with Crippen LogP contribution in [0.4, 0.5) is 0 Å². The number of pyridine rings is 1. The number of hydrogen-bond acceptors (Lipinski definition) is 4. The number of amides is 1. The number of piperidine rings is 1. The molecule has 1 atom stereocenters. The van der Waals surface area contributed by atoms with E-state index in [1.807, 2.05) is 12.3 Å². The van der Waals surface area contributed by atoms with Gasteiger partial charge in [0.15, 0.2) is 0 Å². The van der Waals surface area contributed by atoms with E-state index in [2.05, 4.69) is 44.3 Å². The fraction of sp³-hybridized carbons (Fsp3) is 0.316. The Balaban J connectivity index is 1.55. The molecule has 3 aromatic rings. The number of hydrogen-bond donors (Lipinski definition) is 2. The molecule has 1 unspecified atom stereocenters. The van der Waals surface area contributed by atoms with E-state index in [0.717, 1.165) is 49.1 Å². The van der Waals surface area contributed by atoms with Crippen LogP contribution in [0.5, 0.6) is 0 Å². The summed E-state index contributed by atoms with van der Waals surface area (Å²) in [7, 11) is 0. The van der Waals surface area contributed by atoms with Gasteiger partial charge in [0, 0.05) is 30.6 Å². The maximum absolute atomic E-state index is 11.6. The second-order valence-corrected chi connectivity index (χ2v) is 6.63. The van der Waals surface area contributed by atoms with Gasteiger partial charge in [-0.25, -0.2) is 0 Å². The zero-order chi connectivity index (χ0) is 17.2. The Kier molecular flexibility index (Phi) is 4.19. The lowest BCUT2D eigenvalue weighted by Gasteiger charge is -2.32. The summed E-state index contributed by atoms with van der Waals surface area (Å²) in [5, 5.41) is 8.16. The van der Waals surface area contributed by atoms with Gasteiger partial charge in [-0.05, 0) is 31.0 Å². The first-order valence-electron chi connectivity index (χ1n) is 8.60. The number of H-pyrrole nitrogens is 1. The van der Waals surface area contributed by atoms with E-state index in [9.17, 15) is 4.79 Å². The summed E-state index contributed by atoms with van der Waals surface area (Å²) in [6.45, 7) is 2.77. The van der Waals surface area contributed by atoms with Crippen molar-refractivity contribution in [1.82, 2.24) is 20.1 Å². The number of likely N-dealkylation sites (tertiary alicyclic amines) is 1. The standard InChI is InChI=1S/C19H21N5O/c20-19(25)16-10-22-23-18(16)15-7-3-9-24(12-15)11-14-5-1-4-13-6-2-8-21-17(13)14/h1-2,4-6,8,10,15H,3,7,9,11-12H2,(H2,20,25)(H,22,23). The Morgan fingerprint density at radius 3 is 3.08 bits per heavy atom. The van der Waals surface area contributed by atoms with Crippen LogP contribution in [0.1, 0.15) is 40.4 Å². The average molecular weight is 335 g/mol. The number of fused-ring (bicyclic) bond motifs is 1. The Bertz CT molecular complexity index is 898. The van der Waals surface area contributed by atoms with Gasteiger partial charge in [0.05, 0.1) is 23.0 Å². The summed E-state index contributed by atoms with van der Waals surface area (Å²) in [4.78, 5) is 18.6. The van der Waals surface area contributed by atoms with Gasteiger partial charge < -0.3 is 5.73 Å². The van der Waals surface area contributed by atoms with E-state index in [1.54, 1.807) is 0 Å². The molecule has 3 heterocycles. The monoisotopic (exact) mass is 335 g/mol. The molecule has 0 aliphatic carbocycles. The third-order valence-electron chi connectivity index (χ3n) is 4.96. The first kappa shape index (κ1) is 15.8. The van der Waals surface area contributed by atoms with Crippen LogP contribution < -0.4 is 5.73 Å². The second kappa shape index (κ2) is 6.64. The summed E-state index contributed by atoms with van der Waals surface area (Å²) in [5.74, 6) is -0.166. The molecular weight excluding hydrogens is 314 g/mol. The van der Waals surface area contributed by atoms with Crippen LogP contribution in [0, 0.1) is 0 Å². The van der Waals surface area contributed by atoms with Gasteiger partial charge in [0.2, 0.25) is 0 Å². The maximum Gasteiger partial charge on any atom is 0.252 e. The minimum Gasteiger partial charge on any atom is -0.365 e. The Labute approximate surface area is 146 Å². The van der Waals surface area contributed by atoms with Gasteiger partial charge in [-0.2, -0.15) is 5.10 Å². The van der Waals surface area contributed by atoms with Crippen molar-refractivity contribution in [3.63, 3.8) is 0 Å². The highest BCUT2D eigenvalue weighted by Gasteiger charge is 2.26. The number of carbonyl (C=O) groups excluding carboxylic acids is 1. The molecule has 2 aromatic heterocycles. The number of para-hydroxylation sites is 1. The fourth-order valence-electron chi connectivity index (χ4n) is 3.77. The minimum absolute atomic E-state index is 0.252. The number of nitrogens with one attached hydrogen (secondary N) is 1. The van der Waals surface area contributed by atoms with E-state index in [4.69, 9.17) is 5.73 Å². The molecule has 1 aromatic carbocycles. The molecule has 3 N–H and O–H groups in total. The summed E-state index contributed by atoms with van der Waals surface area (Å²) in [6.07, 6.45) is 5.49.